The van der Waals surface area contributed by atoms with Gasteiger partial charge in [-0.25, -0.2) is 0 Å². The van der Waals surface area contributed by atoms with Gasteiger partial charge in [0.1, 0.15) is 5.75 Å². The molecule has 0 unspecified atom stereocenters. The molecule has 1 aromatic carbocycles. The molecule has 0 aromatic heterocycles. The van der Waals surface area contributed by atoms with Gasteiger partial charge in [0, 0.05) is 11.8 Å². The Bertz CT molecular complexity index is 572. The van der Waals surface area contributed by atoms with Gasteiger partial charge in [-0.05, 0) is 96.8 Å². The summed E-state index contributed by atoms with van der Waals surface area (Å²) < 4.78 is 0.759. The second-order valence-electron chi connectivity index (χ2n) is 7.58. The largest absolute Gasteiger partial charge is 0.506 e. The number of aromatic hydroxyl groups is 1. The van der Waals surface area contributed by atoms with Crippen molar-refractivity contribution in [1.29, 1.82) is 0 Å². The number of hydrogen-bond acceptors (Lipinski definition) is 2. The average Bonchev–Trinajstić information content (AvgIpc) is 2.40. The SMILES string of the molecule is Cc1cc(Br)c(O)c(C=NC23CC4CC(CC(C4)C2)C3)c1. The van der Waals surface area contributed by atoms with Crippen LogP contribution < -0.4 is 0 Å². The maximum atomic E-state index is 10.2. The monoisotopic (exact) mass is 347 g/mol. The van der Waals surface area contributed by atoms with Crippen molar-refractivity contribution in [3.63, 3.8) is 0 Å². The van der Waals surface area contributed by atoms with Gasteiger partial charge in [0.25, 0.3) is 0 Å². The number of nitrogens with zero attached hydrogens (tertiary/aromatic N) is 1. The van der Waals surface area contributed by atoms with Crippen molar-refractivity contribution in [3.05, 3.63) is 27.7 Å². The average molecular weight is 348 g/mol. The molecule has 0 aliphatic heterocycles. The number of halogens is 1. The van der Waals surface area contributed by atoms with Crippen molar-refractivity contribution in [2.24, 2.45) is 22.7 Å². The van der Waals surface area contributed by atoms with Crippen molar-refractivity contribution in [3.8, 4) is 5.75 Å². The molecule has 112 valence electrons. The highest BCUT2D eigenvalue weighted by Crippen LogP contribution is 2.57. The summed E-state index contributed by atoms with van der Waals surface area (Å²) in [5, 5.41) is 10.2. The van der Waals surface area contributed by atoms with Gasteiger partial charge < -0.3 is 5.11 Å². The minimum Gasteiger partial charge on any atom is -0.506 e. The first-order chi connectivity index (χ1) is 10.0. The van der Waals surface area contributed by atoms with Gasteiger partial charge >= 0.3 is 0 Å². The molecular formula is C18H22BrNO. The van der Waals surface area contributed by atoms with E-state index in [4.69, 9.17) is 4.99 Å². The van der Waals surface area contributed by atoms with Crippen LogP contribution in [0.4, 0.5) is 0 Å². The van der Waals surface area contributed by atoms with Crippen LogP contribution in [-0.2, 0) is 0 Å². The second kappa shape index (κ2) is 4.84. The normalized spacial score (nSPS) is 37.5. The zero-order chi connectivity index (χ0) is 14.6. The fourth-order valence-corrected chi connectivity index (χ4v) is 5.88. The number of rotatable bonds is 2. The highest BCUT2D eigenvalue weighted by molar-refractivity contribution is 9.10. The van der Waals surface area contributed by atoms with Gasteiger partial charge in [-0.15, -0.1) is 0 Å². The lowest BCUT2D eigenvalue weighted by Gasteiger charge is -2.54. The smallest absolute Gasteiger partial charge is 0.138 e. The molecule has 0 saturated heterocycles. The Hall–Kier alpha value is -0.830. The molecule has 0 heterocycles. The van der Waals surface area contributed by atoms with Gasteiger partial charge in [-0.2, -0.15) is 0 Å². The van der Waals surface area contributed by atoms with Crippen LogP contribution in [0.5, 0.6) is 5.75 Å². The van der Waals surface area contributed by atoms with Crippen molar-refractivity contribution in [1.82, 2.24) is 0 Å². The summed E-state index contributed by atoms with van der Waals surface area (Å²) >= 11 is 3.42. The molecule has 4 saturated carbocycles. The quantitative estimate of drug-likeness (QED) is 0.762. The van der Waals surface area contributed by atoms with Crippen molar-refractivity contribution in [2.75, 3.05) is 0 Å². The zero-order valence-electron chi connectivity index (χ0n) is 12.5. The molecular weight excluding hydrogens is 326 g/mol. The van der Waals surface area contributed by atoms with E-state index in [2.05, 4.69) is 15.9 Å². The fraction of sp³-hybridized carbons (Fsp3) is 0.611. The molecule has 4 aliphatic carbocycles. The van der Waals surface area contributed by atoms with Crippen LogP contribution >= 0.6 is 15.9 Å². The van der Waals surface area contributed by atoms with Gasteiger partial charge in [0.05, 0.1) is 10.0 Å². The first-order valence-corrected chi connectivity index (χ1v) is 8.87. The molecule has 0 radical (unpaired) electrons. The van der Waals surface area contributed by atoms with Gasteiger partial charge in [-0.3, -0.25) is 4.99 Å². The maximum Gasteiger partial charge on any atom is 0.138 e. The van der Waals surface area contributed by atoms with Gasteiger partial charge in [0.2, 0.25) is 0 Å². The van der Waals surface area contributed by atoms with E-state index in [1.165, 1.54) is 38.5 Å². The zero-order valence-corrected chi connectivity index (χ0v) is 14.1. The summed E-state index contributed by atoms with van der Waals surface area (Å²) in [4.78, 5) is 5.02. The minimum atomic E-state index is 0.178. The Balaban J connectivity index is 1.64. The second-order valence-corrected chi connectivity index (χ2v) is 8.44. The highest BCUT2D eigenvalue weighted by atomic mass is 79.9. The molecule has 2 nitrogen and oxygen atoms in total. The summed E-state index contributed by atoms with van der Waals surface area (Å²) in [6, 6.07) is 3.96. The Morgan fingerprint density at radius 3 is 2.29 bits per heavy atom. The lowest BCUT2D eigenvalue weighted by Crippen LogP contribution is -2.49. The summed E-state index contributed by atoms with van der Waals surface area (Å²) in [6.07, 6.45) is 10.1. The van der Waals surface area contributed by atoms with Gasteiger partial charge in [0.15, 0.2) is 0 Å². The Morgan fingerprint density at radius 1 is 1.14 bits per heavy atom. The number of aryl methyl sites for hydroxylation is 1. The predicted molar refractivity (Wildman–Crippen MR) is 89.0 cm³/mol. The van der Waals surface area contributed by atoms with Crippen LogP contribution in [0.3, 0.4) is 0 Å². The third-order valence-corrected chi connectivity index (χ3v) is 6.33. The van der Waals surface area contributed by atoms with E-state index in [-0.39, 0.29) is 5.54 Å². The van der Waals surface area contributed by atoms with E-state index in [1.54, 1.807) is 0 Å². The van der Waals surface area contributed by atoms with Crippen LogP contribution in [0.2, 0.25) is 0 Å². The van der Waals surface area contributed by atoms with Crippen LogP contribution in [-0.4, -0.2) is 16.9 Å². The molecule has 1 aromatic rings. The maximum absolute atomic E-state index is 10.2. The summed E-state index contributed by atoms with van der Waals surface area (Å²) in [5.74, 6) is 3.04. The molecule has 1 N–H and O–H groups in total. The third kappa shape index (κ3) is 2.44. The Morgan fingerprint density at radius 2 is 1.71 bits per heavy atom. The molecule has 0 atom stereocenters. The Kier molecular flexibility index (Phi) is 3.18. The van der Waals surface area contributed by atoms with Crippen LogP contribution in [0.1, 0.15) is 49.7 Å². The molecule has 0 amide bonds. The molecule has 4 aliphatic rings. The van der Waals surface area contributed by atoms with E-state index in [0.717, 1.165) is 33.4 Å². The molecule has 0 spiro atoms. The van der Waals surface area contributed by atoms with E-state index in [0.29, 0.717) is 5.75 Å². The minimum absolute atomic E-state index is 0.178. The standard InChI is InChI=1S/C18H22BrNO/c1-11-2-15(17(21)16(19)3-11)10-20-18-7-12-4-13(8-18)6-14(5-12)9-18/h2-3,10,12-14,21H,4-9H2,1H3. The fourth-order valence-electron chi connectivity index (χ4n) is 5.29. The predicted octanol–water partition coefficient (Wildman–Crippen LogP) is 4.85. The summed E-state index contributed by atoms with van der Waals surface area (Å²) in [5.41, 5.74) is 2.17. The summed E-state index contributed by atoms with van der Waals surface area (Å²) in [7, 11) is 0. The topological polar surface area (TPSA) is 32.6 Å². The molecule has 4 bridgehead atoms. The van der Waals surface area contributed by atoms with E-state index in [1.807, 2.05) is 25.3 Å². The highest BCUT2D eigenvalue weighted by Gasteiger charge is 2.50. The van der Waals surface area contributed by atoms with Crippen LogP contribution in [0.25, 0.3) is 0 Å². The van der Waals surface area contributed by atoms with Crippen molar-refractivity contribution >= 4 is 22.1 Å². The first-order valence-electron chi connectivity index (χ1n) is 8.07. The molecule has 3 heteroatoms. The number of phenols is 1. The molecule has 5 rings (SSSR count). The number of benzene rings is 1. The van der Waals surface area contributed by atoms with Crippen molar-refractivity contribution < 1.29 is 5.11 Å². The van der Waals surface area contributed by atoms with E-state index in [9.17, 15) is 5.11 Å². The van der Waals surface area contributed by atoms with Crippen LogP contribution in [0, 0.1) is 24.7 Å². The lowest BCUT2D eigenvalue weighted by molar-refractivity contribution is 0.00194. The lowest BCUT2D eigenvalue weighted by atomic mass is 9.53. The van der Waals surface area contributed by atoms with E-state index >= 15 is 0 Å². The molecule has 21 heavy (non-hydrogen) atoms. The molecule has 4 fully saturated rings. The number of hydrogen-bond donors (Lipinski definition) is 1. The third-order valence-electron chi connectivity index (χ3n) is 5.72. The van der Waals surface area contributed by atoms with E-state index < -0.39 is 0 Å². The number of aliphatic imine (C=N–C) groups is 1. The van der Waals surface area contributed by atoms with Gasteiger partial charge in [-0.1, -0.05) is 0 Å². The van der Waals surface area contributed by atoms with Crippen LogP contribution in [0.15, 0.2) is 21.6 Å². The van der Waals surface area contributed by atoms with Crippen molar-refractivity contribution in [2.45, 2.75) is 51.0 Å². The number of phenolic OH excluding ortho intramolecular Hbond substituents is 1. The first kappa shape index (κ1) is 13.8. The Labute approximate surface area is 134 Å². The summed E-state index contributed by atoms with van der Waals surface area (Å²) in [6.45, 7) is 2.05.